The highest BCUT2D eigenvalue weighted by molar-refractivity contribution is 7.87. The lowest BCUT2D eigenvalue weighted by Crippen LogP contribution is -2.48. The van der Waals surface area contributed by atoms with E-state index in [0.29, 0.717) is 12.5 Å². The summed E-state index contributed by atoms with van der Waals surface area (Å²) in [6.07, 6.45) is 4.12. The Morgan fingerprint density at radius 3 is 2.86 bits per heavy atom. The lowest BCUT2D eigenvalue weighted by atomic mass is 9.96. The van der Waals surface area contributed by atoms with Crippen LogP contribution in [0.3, 0.4) is 0 Å². The molecule has 0 saturated carbocycles. The first-order valence-corrected chi connectivity index (χ1v) is 8.57. The minimum absolute atomic E-state index is 0.364. The molecule has 0 aromatic carbocycles. The molecule has 0 unspecified atom stereocenters. The van der Waals surface area contributed by atoms with Crippen molar-refractivity contribution in [1.82, 2.24) is 19.7 Å². The van der Waals surface area contributed by atoms with Crippen LogP contribution in [0.4, 0.5) is 5.82 Å². The lowest BCUT2D eigenvalue weighted by molar-refractivity contribution is 0.382. The Morgan fingerprint density at radius 2 is 2.14 bits per heavy atom. The molecule has 0 spiro atoms. The van der Waals surface area contributed by atoms with Crippen molar-refractivity contribution >= 4 is 26.9 Å². The molecule has 2 aromatic rings. The Labute approximate surface area is 129 Å². The number of nitrogens with zero attached hydrogens (tertiary/aromatic N) is 4. The van der Waals surface area contributed by atoms with Crippen molar-refractivity contribution in [3.8, 4) is 0 Å². The summed E-state index contributed by atoms with van der Waals surface area (Å²) >= 11 is 0. The largest absolute Gasteiger partial charge is 0.355 e. The van der Waals surface area contributed by atoms with E-state index < -0.39 is 10.2 Å². The fourth-order valence-corrected chi connectivity index (χ4v) is 3.02. The van der Waals surface area contributed by atoms with Gasteiger partial charge < -0.3 is 4.90 Å². The van der Waals surface area contributed by atoms with Crippen molar-refractivity contribution in [3.63, 3.8) is 0 Å². The first-order valence-electron chi connectivity index (χ1n) is 7.02. The standard InChI is InChI=1S/C13H18N6O2S/c1-9-4-12-11(5-15-9)13(17-8-16-12)19-6-10(7-19)2-3-18-22(14,20)21/h4-5,8,10,18H,2-3,6-7H2,1H3,(H2,14,20,21). The molecule has 3 rings (SSSR count). The number of nitrogens with two attached hydrogens (primary N) is 1. The monoisotopic (exact) mass is 322 g/mol. The molecule has 0 bridgehead atoms. The third-order valence-corrected chi connectivity index (χ3v) is 4.36. The fraction of sp³-hybridized carbons (Fsp3) is 0.462. The van der Waals surface area contributed by atoms with Gasteiger partial charge in [0.05, 0.1) is 10.9 Å². The fourth-order valence-electron chi connectivity index (χ4n) is 2.62. The van der Waals surface area contributed by atoms with Crippen molar-refractivity contribution in [1.29, 1.82) is 0 Å². The molecule has 0 radical (unpaired) electrons. The van der Waals surface area contributed by atoms with E-state index >= 15 is 0 Å². The number of aryl methyl sites for hydroxylation is 1. The highest BCUT2D eigenvalue weighted by Crippen LogP contribution is 2.29. The van der Waals surface area contributed by atoms with Crippen molar-refractivity contribution in [2.75, 3.05) is 24.5 Å². The zero-order valence-electron chi connectivity index (χ0n) is 12.2. The van der Waals surface area contributed by atoms with Crippen LogP contribution >= 0.6 is 0 Å². The number of anilines is 1. The number of fused-ring (bicyclic) bond motifs is 1. The molecular formula is C13H18N6O2S. The SMILES string of the molecule is Cc1cc2ncnc(N3CC(CCNS(N)(=O)=O)C3)c2cn1. The number of hydrogen-bond donors (Lipinski definition) is 2. The minimum Gasteiger partial charge on any atom is -0.355 e. The predicted octanol–water partition coefficient (Wildman–Crippen LogP) is -0.0474. The number of nitrogens with one attached hydrogen (secondary N) is 1. The van der Waals surface area contributed by atoms with Gasteiger partial charge in [0.15, 0.2) is 0 Å². The van der Waals surface area contributed by atoms with Gasteiger partial charge in [-0.15, -0.1) is 0 Å². The zero-order valence-corrected chi connectivity index (χ0v) is 13.0. The average Bonchev–Trinajstić information content (AvgIpc) is 2.39. The molecule has 0 amide bonds. The molecule has 118 valence electrons. The minimum atomic E-state index is -3.59. The summed E-state index contributed by atoms with van der Waals surface area (Å²) in [5, 5.41) is 5.84. The Morgan fingerprint density at radius 1 is 1.36 bits per heavy atom. The molecular weight excluding hydrogens is 304 g/mol. The summed E-state index contributed by atoms with van der Waals surface area (Å²) in [6, 6.07) is 1.94. The molecule has 2 aromatic heterocycles. The van der Waals surface area contributed by atoms with Gasteiger partial charge in [-0.05, 0) is 25.3 Å². The topological polar surface area (TPSA) is 114 Å². The van der Waals surface area contributed by atoms with E-state index in [1.165, 1.54) is 0 Å². The number of aromatic nitrogens is 3. The summed E-state index contributed by atoms with van der Waals surface area (Å²) < 4.78 is 23.9. The molecule has 3 heterocycles. The first kappa shape index (κ1) is 15.1. The van der Waals surface area contributed by atoms with E-state index in [0.717, 1.165) is 41.9 Å². The highest BCUT2D eigenvalue weighted by Gasteiger charge is 2.28. The Hall–Kier alpha value is -1.84. The van der Waals surface area contributed by atoms with Crippen LogP contribution in [-0.4, -0.2) is 43.0 Å². The van der Waals surface area contributed by atoms with Crippen molar-refractivity contribution < 1.29 is 8.42 Å². The molecule has 0 aliphatic carbocycles. The second kappa shape index (κ2) is 5.75. The smallest absolute Gasteiger partial charge is 0.274 e. The summed E-state index contributed by atoms with van der Waals surface area (Å²) in [5.74, 6) is 1.31. The third-order valence-electron chi connectivity index (χ3n) is 3.75. The van der Waals surface area contributed by atoms with Crippen LogP contribution in [0.2, 0.25) is 0 Å². The molecule has 1 fully saturated rings. The van der Waals surface area contributed by atoms with Gasteiger partial charge in [-0.1, -0.05) is 0 Å². The quantitative estimate of drug-likeness (QED) is 0.798. The first-order chi connectivity index (χ1) is 10.4. The summed E-state index contributed by atoms with van der Waals surface area (Å²) in [5.41, 5.74) is 1.81. The molecule has 1 aliphatic rings. The van der Waals surface area contributed by atoms with Gasteiger partial charge in [-0.2, -0.15) is 8.42 Å². The average molecular weight is 322 g/mol. The zero-order chi connectivity index (χ0) is 15.7. The van der Waals surface area contributed by atoms with Gasteiger partial charge in [0, 0.05) is 31.5 Å². The summed E-state index contributed by atoms with van der Waals surface area (Å²) in [6.45, 7) is 3.97. The Bertz CT molecular complexity index is 788. The van der Waals surface area contributed by atoms with Crippen molar-refractivity contribution in [2.24, 2.45) is 11.1 Å². The maximum absolute atomic E-state index is 10.8. The molecule has 8 nitrogen and oxygen atoms in total. The van der Waals surface area contributed by atoms with Crippen LogP contribution < -0.4 is 14.8 Å². The number of pyridine rings is 1. The van der Waals surface area contributed by atoms with Gasteiger partial charge >= 0.3 is 0 Å². The number of rotatable bonds is 5. The van der Waals surface area contributed by atoms with Gasteiger partial charge in [0.25, 0.3) is 10.2 Å². The molecule has 9 heteroatoms. The van der Waals surface area contributed by atoms with Crippen LogP contribution in [0, 0.1) is 12.8 Å². The van der Waals surface area contributed by atoms with Crippen LogP contribution in [0.15, 0.2) is 18.6 Å². The maximum atomic E-state index is 10.8. The molecule has 1 saturated heterocycles. The second-order valence-corrected chi connectivity index (χ2v) is 6.92. The Kier molecular flexibility index (Phi) is 3.94. The van der Waals surface area contributed by atoms with E-state index in [4.69, 9.17) is 5.14 Å². The van der Waals surface area contributed by atoms with E-state index in [2.05, 4.69) is 24.6 Å². The highest BCUT2D eigenvalue weighted by atomic mass is 32.2. The molecule has 3 N–H and O–H groups in total. The Balaban J connectivity index is 1.63. The van der Waals surface area contributed by atoms with Gasteiger partial charge in [0.1, 0.15) is 12.1 Å². The second-order valence-electron chi connectivity index (χ2n) is 5.54. The van der Waals surface area contributed by atoms with E-state index in [9.17, 15) is 8.42 Å². The van der Waals surface area contributed by atoms with Gasteiger partial charge in [-0.25, -0.2) is 19.8 Å². The van der Waals surface area contributed by atoms with E-state index in [1.807, 2.05) is 13.0 Å². The van der Waals surface area contributed by atoms with Crippen LogP contribution in [0.1, 0.15) is 12.1 Å². The van der Waals surface area contributed by atoms with E-state index in [-0.39, 0.29) is 0 Å². The van der Waals surface area contributed by atoms with Crippen LogP contribution in [0.5, 0.6) is 0 Å². The van der Waals surface area contributed by atoms with Gasteiger partial charge in [0.2, 0.25) is 0 Å². The number of hydrogen-bond acceptors (Lipinski definition) is 6. The lowest BCUT2D eigenvalue weighted by Gasteiger charge is -2.40. The summed E-state index contributed by atoms with van der Waals surface area (Å²) in [4.78, 5) is 15.1. The maximum Gasteiger partial charge on any atom is 0.274 e. The van der Waals surface area contributed by atoms with Crippen LogP contribution in [0.25, 0.3) is 10.9 Å². The van der Waals surface area contributed by atoms with Crippen LogP contribution in [-0.2, 0) is 10.2 Å². The van der Waals surface area contributed by atoms with Crippen molar-refractivity contribution in [3.05, 3.63) is 24.3 Å². The van der Waals surface area contributed by atoms with E-state index in [1.54, 1.807) is 12.5 Å². The predicted molar refractivity (Wildman–Crippen MR) is 83.5 cm³/mol. The third kappa shape index (κ3) is 3.32. The molecule has 22 heavy (non-hydrogen) atoms. The van der Waals surface area contributed by atoms with Gasteiger partial charge in [-0.3, -0.25) is 4.98 Å². The molecule has 1 aliphatic heterocycles. The normalized spacial score (nSPS) is 16.0. The summed E-state index contributed by atoms with van der Waals surface area (Å²) in [7, 11) is -3.59. The van der Waals surface area contributed by atoms with Crippen molar-refractivity contribution in [2.45, 2.75) is 13.3 Å². The molecule has 0 atom stereocenters.